The van der Waals surface area contributed by atoms with E-state index in [1.807, 2.05) is 24.3 Å². The largest absolute Gasteiger partial charge is 0.481 e. The van der Waals surface area contributed by atoms with Gasteiger partial charge in [0.25, 0.3) is 0 Å². The highest BCUT2D eigenvalue weighted by atomic mass is 35.5. The molecule has 2 rings (SSSR count). The van der Waals surface area contributed by atoms with Crippen LogP contribution in [0.5, 0.6) is 5.88 Å². The Hall–Kier alpha value is -1.62. The maximum atomic E-state index is 10.0. The van der Waals surface area contributed by atoms with Crippen LogP contribution >= 0.6 is 11.6 Å². The summed E-state index contributed by atoms with van der Waals surface area (Å²) in [5, 5.41) is 13.9. The molecule has 0 aliphatic carbocycles. The molecule has 0 bridgehead atoms. The molecule has 0 radical (unpaired) electrons. The van der Waals surface area contributed by atoms with Crippen molar-refractivity contribution in [1.82, 2.24) is 10.3 Å². The summed E-state index contributed by atoms with van der Waals surface area (Å²) >= 11 is 5.81. The van der Waals surface area contributed by atoms with E-state index in [-0.39, 0.29) is 0 Å². The topological polar surface area (TPSA) is 54.4 Å². The monoisotopic (exact) mass is 292 g/mol. The van der Waals surface area contributed by atoms with Gasteiger partial charge in [-0.25, -0.2) is 4.98 Å². The Morgan fingerprint density at radius 3 is 2.60 bits per heavy atom. The summed E-state index contributed by atoms with van der Waals surface area (Å²) in [7, 11) is 1.59. The van der Waals surface area contributed by atoms with Gasteiger partial charge in [0.2, 0.25) is 5.88 Å². The summed E-state index contributed by atoms with van der Waals surface area (Å²) in [6, 6.07) is 10.9. The average Bonchev–Trinajstić information content (AvgIpc) is 2.48. The molecule has 0 fully saturated rings. The molecule has 0 saturated heterocycles. The van der Waals surface area contributed by atoms with Gasteiger partial charge < -0.3 is 15.2 Å². The van der Waals surface area contributed by atoms with E-state index in [4.69, 9.17) is 16.3 Å². The molecule has 0 amide bonds. The zero-order chi connectivity index (χ0) is 14.4. The molecular weight excluding hydrogens is 276 g/mol. The molecule has 0 saturated carbocycles. The fourth-order valence-electron chi connectivity index (χ4n) is 1.79. The Kier molecular flexibility index (Phi) is 5.35. The molecule has 1 atom stereocenters. The number of rotatable bonds is 6. The predicted octanol–water partition coefficient (Wildman–Crippen LogP) is 2.57. The maximum Gasteiger partial charge on any atom is 0.212 e. The van der Waals surface area contributed by atoms with E-state index in [1.165, 1.54) is 0 Å². The molecule has 0 aliphatic rings. The zero-order valence-electron chi connectivity index (χ0n) is 11.2. The van der Waals surface area contributed by atoms with E-state index >= 15 is 0 Å². The summed E-state index contributed by atoms with van der Waals surface area (Å²) in [6.07, 6.45) is 1.19. The summed E-state index contributed by atoms with van der Waals surface area (Å²) in [5.74, 6) is 0.593. The highest BCUT2D eigenvalue weighted by Crippen LogP contribution is 2.16. The van der Waals surface area contributed by atoms with Crippen molar-refractivity contribution in [2.75, 3.05) is 13.7 Å². The minimum absolute atomic E-state index is 0.466. The van der Waals surface area contributed by atoms with Crippen molar-refractivity contribution in [2.45, 2.75) is 12.6 Å². The first-order valence-electron chi connectivity index (χ1n) is 6.32. The summed E-state index contributed by atoms with van der Waals surface area (Å²) in [4.78, 5) is 4.12. The lowest BCUT2D eigenvalue weighted by Crippen LogP contribution is -2.21. The third-order valence-corrected chi connectivity index (χ3v) is 3.18. The Balaban J connectivity index is 1.81. The van der Waals surface area contributed by atoms with E-state index < -0.39 is 6.10 Å². The van der Waals surface area contributed by atoms with Crippen LogP contribution < -0.4 is 10.1 Å². The van der Waals surface area contributed by atoms with Crippen LogP contribution in [-0.2, 0) is 6.54 Å². The Morgan fingerprint density at radius 1 is 1.25 bits per heavy atom. The standard InChI is InChI=1S/C15H17ClN2O2/c1-20-15-7-2-11(9-18-15)8-17-10-14(19)12-3-5-13(16)6-4-12/h2-7,9,14,17,19H,8,10H2,1H3. The van der Waals surface area contributed by atoms with Crippen LogP contribution in [0.15, 0.2) is 42.6 Å². The first-order valence-corrected chi connectivity index (χ1v) is 6.70. The van der Waals surface area contributed by atoms with Gasteiger partial charge in [0, 0.05) is 30.4 Å². The number of aliphatic hydroxyl groups is 1. The third kappa shape index (κ3) is 4.20. The van der Waals surface area contributed by atoms with Crippen LogP contribution in [0, 0.1) is 0 Å². The average molecular weight is 293 g/mol. The second-order valence-electron chi connectivity index (χ2n) is 4.41. The molecule has 1 aromatic heterocycles. The zero-order valence-corrected chi connectivity index (χ0v) is 12.0. The first-order chi connectivity index (χ1) is 9.69. The molecular formula is C15H17ClN2O2. The van der Waals surface area contributed by atoms with Crippen LogP contribution in [-0.4, -0.2) is 23.7 Å². The number of hydrogen-bond donors (Lipinski definition) is 2. The molecule has 2 N–H and O–H groups in total. The number of ether oxygens (including phenoxy) is 1. The van der Waals surface area contributed by atoms with Crippen molar-refractivity contribution in [2.24, 2.45) is 0 Å². The van der Waals surface area contributed by atoms with Crippen molar-refractivity contribution in [1.29, 1.82) is 0 Å². The van der Waals surface area contributed by atoms with Crippen LogP contribution in [0.3, 0.4) is 0 Å². The highest BCUT2D eigenvalue weighted by Gasteiger charge is 2.06. The predicted molar refractivity (Wildman–Crippen MR) is 78.9 cm³/mol. The second kappa shape index (κ2) is 7.24. The highest BCUT2D eigenvalue weighted by molar-refractivity contribution is 6.30. The maximum absolute atomic E-state index is 10.0. The molecule has 0 spiro atoms. The molecule has 4 nitrogen and oxygen atoms in total. The van der Waals surface area contributed by atoms with E-state index in [0.29, 0.717) is 24.0 Å². The van der Waals surface area contributed by atoms with Gasteiger partial charge in [-0.15, -0.1) is 0 Å². The van der Waals surface area contributed by atoms with Gasteiger partial charge in [-0.3, -0.25) is 0 Å². The normalized spacial score (nSPS) is 12.2. The molecule has 1 heterocycles. The van der Waals surface area contributed by atoms with E-state index in [9.17, 15) is 5.11 Å². The molecule has 2 aromatic rings. The number of benzene rings is 1. The number of pyridine rings is 1. The van der Waals surface area contributed by atoms with E-state index in [2.05, 4.69) is 10.3 Å². The van der Waals surface area contributed by atoms with Gasteiger partial charge in [0.15, 0.2) is 0 Å². The number of aliphatic hydroxyl groups excluding tert-OH is 1. The van der Waals surface area contributed by atoms with Gasteiger partial charge in [-0.2, -0.15) is 0 Å². The van der Waals surface area contributed by atoms with Crippen LogP contribution in [0.25, 0.3) is 0 Å². The van der Waals surface area contributed by atoms with Crippen molar-refractivity contribution < 1.29 is 9.84 Å². The minimum Gasteiger partial charge on any atom is -0.481 e. The van der Waals surface area contributed by atoms with Crippen molar-refractivity contribution in [3.63, 3.8) is 0 Å². The van der Waals surface area contributed by atoms with E-state index in [1.54, 1.807) is 25.4 Å². The Morgan fingerprint density at radius 2 is 2.00 bits per heavy atom. The number of methoxy groups -OCH3 is 1. The number of aromatic nitrogens is 1. The summed E-state index contributed by atoms with van der Waals surface area (Å²) in [5.41, 5.74) is 1.88. The Bertz CT molecular complexity index is 529. The van der Waals surface area contributed by atoms with Crippen LogP contribution in [0.2, 0.25) is 5.02 Å². The molecule has 106 valence electrons. The molecule has 1 unspecified atom stereocenters. The fraction of sp³-hybridized carbons (Fsp3) is 0.267. The minimum atomic E-state index is -0.557. The lowest BCUT2D eigenvalue weighted by atomic mass is 10.1. The molecule has 5 heteroatoms. The number of hydrogen-bond acceptors (Lipinski definition) is 4. The van der Waals surface area contributed by atoms with Crippen LogP contribution in [0.1, 0.15) is 17.2 Å². The number of nitrogens with zero attached hydrogens (tertiary/aromatic N) is 1. The molecule has 1 aromatic carbocycles. The third-order valence-electron chi connectivity index (χ3n) is 2.93. The van der Waals surface area contributed by atoms with Crippen molar-refractivity contribution >= 4 is 11.6 Å². The SMILES string of the molecule is COc1ccc(CNCC(O)c2ccc(Cl)cc2)cn1. The van der Waals surface area contributed by atoms with Crippen LogP contribution in [0.4, 0.5) is 0 Å². The quantitative estimate of drug-likeness (QED) is 0.859. The van der Waals surface area contributed by atoms with Gasteiger partial charge >= 0.3 is 0 Å². The first kappa shape index (κ1) is 14.8. The number of halogens is 1. The van der Waals surface area contributed by atoms with Crippen molar-refractivity contribution in [3.05, 3.63) is 58.7 Å². The van der Waals surface area contributed by atoms with Gasteiger partial charge in [0.1, 0.15) is 0 Å². The lowest BCUT2D eigenvalue weighted by Gasteiger charge is -2.12. The fourth-order valence-corrected chi connectivity index (χ4v) is 1.92. The molecule has 20 heavy (non-hydrogen) atoms. The van der Waals surface area contributed by atoms with E-state index in [0.717, 1.165) is 11.1 Å². The Labute approximate surface area is 123 Å². The smallest absolute Gasteiger partial charge is 0.212 e. The van der Waals surface area contributed by atoms with Gasteiger partial charge in [-0.1, -0.05) is 29.8 Å². The number of nitrogens with one attached hydrogen (secondary N) is 1. The molecule has 0 aliphatic heterocycles. The lowest BCUT2D eigenvalue weighted by molar-refractivity contribution is 0.174. The summed E-state index contributed by atoms with van der Waals surface area (Å²) in [6.45, 7) is 1.11. The van der Waals surface area contributed by atoms with Gasteiger partial charge in [0.05, 0.1) is 13.2 Å². The summed E-state index contributed by atoms with van der Waals surface area (Å²) < 4.78 is 5.00. The van der Waals surface area contributed by atoms with Gasteiger partial charge in [-0.05, 0) is 23.3 Å². The second-order valence-corrected chi connectivity index (χ2v) is 4.84. The van der Waals surface area contributed by atoms with Crippen molar-refractivity contribution in [3.8, 4) is 5.88 Å².